The van der Waals surface area contributed by atoms with Crippen LogP contribution in [0.25, 0.3) is 5.76 Å². The Bertz CT molecular complexity index is 1350. The SMILES string of the molecule is CC(C)=CCC/C(C)=C/CC1(CC=C(C)C)C(=O)/C(=C(/O)c2ccc(O)c(O)c2)C(=O)C2=C1OC(C)(C)C=C2. The molecule has 6 heteroatoms. The Morgan fingerprint density at radius 1 is 0.923 bits per heavy atom. The molecule has 2 aliphatic rings. The summed E-state index contributed by atoms with van der Waals surface area (Å²) in [6.45, 7) is 13.8. The molecule has 1 aliphatic heterocycles. The lowest BCUT2D eigenvalue weighted by Crippen LogP contribution is -2.46. The summed E-state index contributed by atoms with van der Waals surface area (Å²) in [6, 6.07) is 3.68. The van der Waals surface area contributed by atoms with Crippen molar-refractivity contribution < 1.29 is 29.6 Å². The number of phenolic OH excluding ortho intramolecular Hbond substituents is 2. The second-order valence-corrected chi connectivity index (χ2v) is 11.5. The van der Waals surface area contributed by atoms with Gasteiger partial charge in [0.1, 0.15) is 22.7 Å². The van der Waals surface area contributed by atoms with Crippen LogP contribution in [0.3, 0.4) is 0 Å². The maximum absolute atomic E-state index is 14.5. The summed E-state index contributed by atoms with van der Waals surface area (Å²) in [7, 11) is 0. The molecule has 0 saturated carbocycles. The van der Waals surface area contributed by atoms with E-state index in [4.69, 9.17) is 4.74 Å². The summed E-state index contributed by atoms with van der Waals surface area (Å²) in [5.41, 5.74) is 1.30. The number of allylic oxidation sites excluding steroid dienone is 10. The molecule has 1 unspecified atom stereocenters. The lowest BCUT2D eigenvalue weighted by molar-refractivity contribution is -0.130. The molecule has 1 heterocycles. The van der Waals surface area contributed by atoms with Crippen molar-refractivity contribution in [3.63, 3.8) is 0 Å². The zero-order chi connectivity index (χ0) is 29.1. The highest BCUT2D eigenvalue weighted by Crippen LogP contribution is 2.50. The van der Waals surface area contributed by atoms with Crippen LogP contribution in [0.1, 0.15) is 79.7 Å². The minimum Gasteiger partial charge on any atom is -0.506 e. The molecule has 1 aromatic carbocycles. The van der Waals surface area contributed by atoms with Crippen LogP contribution < -0.4 is 0 Å². The predicted molar refractivity (Wildman–Crippen MR) is 154 cm³/mol. The third-order valence-corrected chi connectivity index (χ3v) is 7.06. The number of hydrogen-bond donors (Lipinski definition) is 3. The highest BCUT2D eigenvalue weighted by Gasteiger charge is 2.54. The van der Waals surface area contributed by atoms with Gasteiger partial charge in [0.2, 0.25) is 5.78 Å². The quantitative estimate of drug-likeness (QED) is 0.105. The van der Waals surface area contributed by atoms with Crippen molar-refractivity contribution in [2.45, 2.75) is 79.8 Å². The number of aliphatic hydroxyl groups excluding tert-OH is 1. The molecule has 39 heavy (non-hydrogen) atoms. The molecule has 1 atom stereocenters. The van der Waals surface area contributed by atoms with Gasteiger partial charge in [-0.1, -0.05) is 34.9 Å². The molecule has 0 saturated heterocycles. The van der Waals surface area contributed by atoms with Crippen LogP contribution in [0, 0.1) is 5.41 Å². The number of rotatable bonds is 8. The largest absolute Gasteiger partial charge is 0.506 e. The Morgan fingerprint density at radius 2 is 1.56 bits per heavy atom. The zero-order valence-corrected chi connectivity index (χ0v) is 24.0. The van der Waals surface area contributed by atoms with E-state index in [1.165, 1.54) is 17.7 Å². The summed E-state index contributed by atoms with van der Waals surface area (Å²) in [5, 5.41) is 31.0. The van der Waals surface area contributed by atoms with Crippen LogP contribution in [0.15, 0.2) is 82.2 Å². The van der Waals surface area contributed by atoms with Gasteiger partial charge in [-0.15, -0.1) is 0 Å². The molecular weight excluding hydrogens is 492 g/mol. The fraction of sp³-hybridized carbons (Fsp3) is 0.394. The fourth-order valence-corrected chi connectivity index (χ4v) is 4.73. The van der Waals surface area contributed by atoms with Gasteiger partial charge in [0.25, 0.3) is 0 Å². The van der Waals surface area contributed by atoms with Gasteiger partial charge in [0.15, 0.2) is 17.3 Å². The monoisotopic (exact) mass is 532 g/mol. The molecule has 1 aromatic rings. The highest BCUT2D eigenvalue weighted by atomic mass is 16.5. The topological polar surface area (TPSA) is 104 Å². The second kappa shape index (κ2) is 11.5. The first-order chi connectivity index (χ1) is 18.2. The van der Waals surface area contributed by atoms with Crippen LogP contribution in [0.5, 0.6) is 11.5 Å². The summed E-state index contributed by atoms with van der Waals surface area (Å²) in [6.07, 6.45) is 11.9. The van der Waals surface area contributed by atoms with E-state index in [2.05, 4.69) is 19.9 Å². The highest BCUT2D eigenvalue weighted by molar-refractivity contribution is 6.34. The van der Waals surface area contributed by atoms with Crippen molar-refractivity contribution in [2.24, 2.45) is 5.41 Å². The number of benzene rings is 1. The van der Waals surface area contributed by atoms with Crippen molar-refractivity contribution in [2.75, 3.05) is 0 Å². The predicted octanol–water partition coefficient (Wildman–Crippen LogP) is 7.56. The summed E-state index contributed by atoms with van der Waals surface area (Å²) < 4.78 is 6.39. The third-order valence-electron chi connectivity index (χ3n) is 7.06. The molecule has 3 rings (SSSR count). The van der Waals surface area contributed by atoms with Crippen LogP contribution in [0.2, 0.25) is 0 Å². The number of carbonyl (C=O) groups excluding carboxylic acids is 2. The van der Waals surface area contributed by atoms with Crippen molar-refractivity contribution in [1.29, 1.82) is 0 Å². The number of hydrogen-bond acceptors (Lipinski definition) is 6. The Labute approximate surface area is 231 Å². The van der Waals surface area contributed by atoms with Gasteiger partial charge in [-0.3, -0.25) is 9.59 Å². The second-order valence-electron chi connectivity index (χ2n) is 11.5. The summed E-state index contributed by atoms with van der Waals surface area (Å²) in [4.78, 5) is 28.2. The molecule has 6 nitrogen and oxygen atoms in total. The molecule has 208 valence electrons. The summed E-state index contributed by atoms with van der Waals surface area (Å²) >= 11 is 0. The number of phenols is 2. The first-order valence-corrected chi connectivity index (χ1v) is 13.3. The molecular formula is C33H40O6. The molecule has 0 aromatic heterocycles. The first kappa shape index (κ1) is 29.8. The van der Waals surface area contributed by atoms with Gasteiger partial charge < -0.3 is 20.1 Å². The summed E-state index contributed by atoms with van der Waals surface area (Å²) in [5.74, 6) is -2.24. The maximum Gasteiger partial charge on any atom is 0.203 e. The molecule has 0 radical (unpaired) electrons. The smallest absolute Gasteiger partial charge is 0.203 e. The van der Waals surface area contributed by atoms with Crippen molar-refractivity contribution in [3.8, 4) is 11.5 Å². The van der Waals surface area contributed by atoms with Gasteiger partial charge in [-0.05, 0) is 105 Å². The molecule has 3 N–H and O–H groups in total. The van der Waals surface area contributed by atoms with Crippen molar-refractivity contribution in [1.82, 2.24) is 0 Å². The van der Waals surface area contributed by atoms with E-state index < -0.39 is 34.1 Å². The van der Waals surface area contributed by atoms with Crippen molar-refractivity contribution in [3.05, 3.63) is 87.8 Å². The molecule has 0 bridgehead atoms. The number of ketones is 2. The number of aromatic hydroxyl groups is 2. The van der Waals surface area contributed by atoms with Crippen LogP contribution in [0.4, 0.5) is 0 Å². The molecule has 1 aliphatic carbocycles. The van der Waals surface area contributed by atoms with Gasteiger partial charge in [-0.2, -0.15) is 0 Å². The van der Waals surface area contributed by atoms with E-state index in [1.54, 1.807) is 12.2 Å². The van der Waals surface area contributed by atoms with Gasteiger partial charge >= 0.3 is 0 Å². The number of ether oxygens (including phenoxy) is 1. The zero-order valence-electron chi connectivity index (χ0n) is 24.0. The maximum atomic E-state index is 14.5. The Morgan fingerprint density at radius 3 is 2.18 bits per heavy atom. The number of Topliss-reactive ketones (excluding diaryl/α,β-unsaturated/α-hetero) is 2. The fourth-order valence-electron chi connectivity index (χ4n) is 4.73. The van der Waals surface area contributed by atoms with Crippen LogP contribution in [-0.4, -0.2) is 32.5 Å². The standard InChI is InChI=1S/C33H40O6/c1-20(2)9-8-10-22(5)14-18-33(17-13-21(3)4)30(38)27(28(36)23-11-12-25(34)26(35)19-23)29(37)24-15-16-32(6,7)39-31(24)33/h9,11-16,19,34-36H,8,10,17-18H2,1-7H3/b22-14+,28-27+. The van der Waals surface area contributed by atoms with Crippen molar-refractivity contribution >= 4 is 17.3 Å². The molecule has 0 amide bonds. The molecule has 0 fully saturated rings. The number of aliphatic hydroxyl groups is 1. The van der Waals surface area contributed by atoms with Crippen LogP contribution in [-0.2, 0) is 14.3 Å². The van der Waals surface area contributed by atoms with E-state index in [0.29, 0.717) is 5.76 Å². The van der Waals surface area contributed by atoms with Gasteiger partial charge in [0.05, 0.1) is 11.0 Å². The normalized spacial score (nSPS) is 21.8. The lowest BCUT2D eigenvalue weighted by Gasteiger charge is -2.43. The van der Waals surface area contributed by atoms with Crippen LogP contribution >= 0.6 is 0 Å². The minimum atomic E-state index is -1.26. The Kier molecular flexibility index (Phi) is 8.79. The molecule has 0 spiro atoms. The van der Waals surface area contributed by atoms with E-state index >= 15 is 0 Å². The van der Waals surface area contributed by atoms with Gasteiger partial charge in [0, 0.05) is 5.56 Å². The first-order valence-electron chi connectivity index (χ1n) is 13.3. The Hall–Kier alpha value is -3.80. The van der Waals surface area contributed by atoms with E-state index in [-0.39, 0.29) is 35.3 Å². The minimum absolute atomic E-state index is 0.0525. The van der Waals surface area contributed by atoms with E-state index in [0.717, 1.165) is 30.1 Å². The van der Waals surface area contributed by atoms with E-state index in [1.807, 2.05) is 46.8 Å². The lowest BCUT2D eigenvalue weighted by atomic mass is 9.65. The average molecular weight is 533 g/mol. The Balaban J connectivity index is 2.26. The van der Waals surface area contributed by atoms with Gasteiger partial charge in [-0.25, -0.2) is 0 Å². The number of carbonyl (C=O) groups is 2. The average Bonchev–Trinajstić information content (AvgIpc) is 2.84. The third kappa shape index (κ3) is 6.44. The van der Waals surface area contributed by atoms with E-state index in [9.17, 15) is 24.9 Å².